The summed E-state index contributed by atoms with van der Waals surface area (Å²) in [7, 11) is 0. The summed E-state index contributed by atoms with van der Waals surface area (Å²) in [6, 6.07) is 58.3. The molecule has 2 heterocycles. The summed E-state index contributed by atoms with van der Waals surface area (Å²) in [5, 5.41) is 5.05. The highest BCUT2D eigenvalue weighted by Gasteiger charge is 2.36. The van der Waals surface area contributed by atoms with E-state index in [-0.39, 0.29) is 5.41 Å². The van der Waals surface area contributed by atoms with Crippen molar-refractivity contribution in [2.75, 3.05) is 4.90 Å². The summed E-state index contributed by atoms with van der Waals surface area (Å²) in [6.45, 7) is 6.94. The van der Waals surface area contributed by atoms with Crippen molar-refractivity contribution in [3.63, 3.8) is 0 Å². The molecule has 0 bridgehead atoms. The number of nitrogens with zero attached hydrogens (tertiary/aromatic N) is 3. The third kappa shape index (κ3) is 4.13. The van der Waals surface area contributed by atoms with Gasteiger partial charge in [0.15, 0.2) is 0 Å². The van der Waals surface area contributed by atoms with Crippen LogP contribution in [0.15, 0.2) is 158 Å². The number of aryl methyl sites for hydroxylation is 1. The minimum atomic E-state index is -0.0705. The Hall–Kier alpha value is -6.45. The molecule has 0 amide bonds. The Morgan fingerprint density at radius 1 is 0.509 bits per heavy atom. The third-order valence-electron chi connectivity index (χ3n) is 11.8. The van der Waals surface area contributed by atoms with E-state index in [2.05, 4.69) is 188 Å². The highest BCUT2D eigenvalue weighted by Crippen LogP contribution is 2.52. The largest absolute Gasteiger partial charge is 0.306 e. The number of para-hydroxylation sites is 2. The zero-order valence-electron chi connectivity index (χ0n) is 30.1. The smallest absolute Gasteiger partial charge is 0.114 e. The Bertz CT molecular complexity index is 2910. The van der Waals surface area contributed by atoms with Gasteiger partial charge < -0.3 is 4.90 Å². The number of hydrogen-bond acceptors (Lipinski definition) is 2. The monoisotopic (exact) mass is 679 g/mol. The first-order valence-electron chi connectivity index (χ1n) is 18.7. The molecule has 1 aromatic heterocycles. The van der Waals surface area contributed by atoms with Crippen LogP contribution < -0.4 is 4.90 Å². The summed E-state index contributed by atoms with van der Waals surface area (Å²) >= 11 is 0. The van der Waals surface area contributed by atoms with Gasteiger partial charge in [-0.3, -0.25) is 4.57 Å². The van der Waals surface area contributed by atoms with E-state index in [0.717, 1.165) is 46.0 Å². The average molecular weight is 680 g/mol. The van der Waals surface area contributed by atoms with E-state index < -0.39 is 0 Å². The maximum atomic E-state index is 5.16. The van der Waals surface area contributed by atoms with Crippen LogP contribution in [-0.2, 0) is 11.8 Å². The van der Waals surface area contributed by atoms with Gasteiger partial charge in [-0.25, -0.2) is 4.98 Å². The second-order valence-electron chi connectivity index (χ2n) is 15.0. The molecular weight excluding hydrogens is 643 g/mol. The molecule has 0 N–H and O–H groups in total. The first-order chi connectivity index (χ1) is 26.0. The number of anilines is 3. The van der Waals surface area contributed by atoms with E-state index in [9.17, 15) is 0 Å². The van der Waals surface area contributed by atoms with Crippen LogP contribution in [0.4, 0.5) is 17.1 Å². The number of fused-ring (bicyclic) bond motifs is 7. The lowest BCUT2D eigenvalue weighted by Gasteiger charge is -2.33. The van der Waals surface area contributed by atoms with Crippen molar-refractivity contribution in [1.82, 2.24) is 9.55 Å². The zero-order chi connectivity index (χ0) is 35.4. The van der Waals surface area contributed by atoms with Gasteiger partial charge in [0.25, 0.3) is 0 Å². The van der Waals surface area contributed by atoms with E-state index in [1.807, 2.05) is 0 Å². The fourth-order valence-electron chi connectivity index (χ4n) is 9.48. The molecule has 252 valence electrons. The van der Waals surface area contributed by atoms with Gasteiger partial charge in [-0.1, -0.05) is 136 Å². The molecule has 1 aliphatic carbocycles. The summed E-state index contributed by atoms with van der Waals surface area (Å²) in [4.78, 5) is 7.56. The van der Waals surface area contributed by atoms with Crippen LogP contribution in [0.1, 0.15) is 37.7 Å². The van der Waals surface area contributed by atoms with Gasteiger partial charge in [0.05, 0.1) is 28.1 Å². The second kappa shape index (κ2) is 11.0. The van der Waals surface area contributed by atoms with Crippen LogP contribution in [0.3, 0.4) is 0 Å². The summed E-state index contributed by atoms with van der Waals surface area (Å²) in [5.41, 5.74) is 17.2. The minimum Gasteiger partial charge on any atom is -0.306 e. The van der Waals surface area contributed by atoms with Gasteiger partial charge in [-0.05, 0) is 109 Å². The van der Waals surface area contributed by atoms with E-state index in [1.165, 1.54) is 66.1 Å². The predicted octanol–water partition coefficient (Wildman–Crippen LogP) is 13.3. The van der Waals surface area contributed by atoms with Crippen LogP contribution in [-0.4, -0.2) is 9.55 Å². The number of aromatic nitrogens is 2. The molecule has 0 spiro atoms. The Kier molecular flexibility index (Phi) is 6.28. The molecule has 0 atom stereocenters. The zero-order valence-corrected chi connectivity index (χ0v) is 30.1. The van der Waals surface area contributed by atoms with Crippen LogP contribution in [0.25, 0.3) is 71.6 Å². The number of hydrogen-bond donors (Lipinski definition) is 0. The maximum absolute atomic E-state index is 5.16. The molecule has 0 radical (unpaired) electrons. The van der Waals surface area contributed by atoms with Gasteiger partial charge in [-0.2, -0.15) is 0 Å². The van der Waals surface area contributed by atoms with Crippen LogP contribution in [0, 0.1) is 0 Å². The standard InChI is InChI=1S/C50H37N3/c1-4-46-51-42-23-14-24-44-49(42)53(46)45-30-32(26-28-43(45)52(44)33-15-6-5-7-16-33)48-38-20-10-8-18-36(38)47(37-19-9-11-21-39(37)48)31-25-27-35-34-17-12-13-22-40(34)50(2,3)41(35)29-31/h5-30H,4H2,1-3H3. The van der Waals surface area contributed by atoms with Gasteiger partial charge in [0.1, 0.15) is 5.82 Å². The van der Waals surface area contributed by atoms with Crippen molar-refractivity contribution >= 4 is 49.6 Å². The molecule has 0 saturated carbocycles. The SMILES string of the molecule is CCc1nc2cccc3c2n1-c1cc(-c2c4ccccc4c(-c4ccc5c(c4)C(C)(C)c4ccccc4-5)c4ccccc24)ccc1N3c1ccccc1. The molecule has 1 aliphatic heterocycles. The van der Waals surface area contributed by atoms with E-state index in [0.29, 0.717) is 0 Å². The summed E-state index contributed by atoms with van der Waals surface area (Å²) in [6.07, 6.45) is 0.840. The fourth-order valence-corrected chi connectivity index (χ4v) is 9.48. The molecule has 9 aromatic rings. The normalized spacial score (nSPS) is 13.8. The number of imidazole rings is 1. The van der Waals surface area contributed by atoms with E-state index >= 15 is 0 Å². The van der Waals surface area contributed by atoms with Crippen molar-refractivity contribution in [3.05, 3.63) is 175 Å². The second-order valence-corrected chi connectivity index (χ2v) is 15.0. The van der Waals surface area contributed by atoms with Crippen LogP contribution >= 0.6 is 0 Å². The summed E-state index contributed by atoms with van der Waals surface area (Å²) < 4.78 is 2.41. The first-order valence-corrected chi connectivity index (χ1v) is 18.7. The highest BCUT2D eigenvalue weighted by molar-refractivity contribution is 6.21. The highest BCUT2D eigenvalue weighted by atomic mass is 15.2. The molecule has 53 heavy (non-hydrogen) atoms. The van der Waals surface area contributed by atoms with Crippen molar-refractivity contribution in [2.45, 2.75) is 32.6 Å². The van der Waals surface area contributed by atoms with E-state index in [4.69, 9.17) is 4.98 Å². The molecule has 3 nitrogen and oxygen atoms in total. The van der Waals surface area contributed by atoms with Gasteiger partial charge in [0.2, 0.25) is 0 Å². The van der Waals surface area contributed by atoms with Gasteiger partial charge in [0, 0.05) is 17.5 Å². The Morgan fingerprint density at radius 2 is 1.11 bits per heavy atom. The van der Waals surface area contributed by atoms with Gasteiger partial charge >= 0.3 is 0 Å². The topological polar surface area (TPSA) is 21.1 Å². The minimum absolute atomic E-state index is 0.0705. The lowest BCUT2D eigenvalue weighted by atomic mass is 9.80. The van der Waals surface area contributed by atoms with Gasteiger partial charge in [-0.15, -0.1) is 0 Å². The molecule has 0 fully saturated rings. The molecule has 11 rings (SSSR count). The Morgan fingerprint density at radius 3 is 1.81 bits per heavy atom. The number of rotatable bonds is 4. The van der Waals surface area contributed by atoms with E-state index in [1.54, 1.807) is 0 Å². The van der Waals surface area contributed by atoms with Crippen LogP contribution in [0.5, 0.6) is 0 Å². The van der Waals surface area contributed by atoms with Crippen LogP contribution in [0.2, 0.25) is 0 Å². The molecule has 8 aromatic carbocycles. The number of benzene rings is 8. The lowest BCUT2D eigenvalue weighted by Crippen LogP contribution is -2.19. The lowest BCUT2D eigenvalue weighted by molar-refractivity contribution is 0.660. The van der Waals surface area contributed by atoms with Crippen molar-refractivity contribution < 1.29 is 0 Å². The molecule has 0 saturated heterocycles. The van der Waals surface area contributed by atoms with Crippen molar-refractivity contribution in [2.24, 2.45) is 0 Å². The molecular formula is C50H37N3. The molecule has 2 aliphatic rings. The summed E-state index contributed by atoms with van der Waals surface area (Å²) in [5.74, 6) is 1.07. The van der Waals surface area contributed by atoms with Crippen molar-refractivity contribution in [1.29, 1.82) is 0 Å². The Balaban J connectivity index is 1.18. The average Bonchev–Trinajstić information content (AvgIpc) is 3.70. The first kappa shape index (κ1) is 30.2. The fraction of sp³-hybridized carbons (Fsp3) is 0.100. The van der Waals surface area contributed by atoms with Crippen molar-refractivity contribution in [3.8, 4) is 39.1 Å². The third-order valence-corrected chi connectivity index (χ3v) is 11.8. The predicted molar refractivity (Wildman–Crippen MR) is 222 cm³/mol. The maximum Gasteiger partial charge on any atom is 0.114 e. The Labute approximate surface area is 309 Å². The quantitative estimate of drug-likeness (QED) is 0.173. The molecule has 0 unspecified atom stereocenters. The molecule has 3 heteroatoms.